The molecule has 94 valence electrons. The Morgan fingerprint density at radius 3 is 2.88 bits per heavy atom. The lowest BCUT2D eigenvalue weighted by molar-refractivity contribution is -0.128. The molecule has 16 heavy (non-hydrogen) atoms. The van der Waals surface area contributed by atoms with E-state index in [0.29, 0.717) is 19.8 Å². The summed E-state index contributed by atoms with van der Waals surface area (Å²) in [5.41, 5.74) is -0.262. The normalized spacial score (nSPS) is 29.3. The Kier molecular flexibility index (Phi) is 5.18. The van der Waals surface area contributed by atoms with E-state index in [1.54, 1.807) is 7.11 Å². The molecule has 2 atom stereocenters. The molecule has 0 aromatic heterocycles. The molecule has 5 nitrogen and oxygen atoms in total. The van der Waals surface area contributed by atoms with E-state index in [-0.39, 0.29) is 24.2 Å². The van der Waals surface area contributed by atoms with Gasteiger partial charge in [0.2, 0.25) is 5.91 Å². The lowest BCUT2D eigenvalue weighted by atomic mass is 9.95. The van der Waals surface area contributed by atoms with Gasteiger partial charge >= 0.3 is 0 Å². The number of nitrogens with one attached hydrogen (secondary N) is 1. The van der Waals surface area contributed by atoms with Crippen molar-refractivity contribution in [3.05, 3.63) is 0 Å². The van der Waals surface area contributed by atoms with Gasteiger partial charge in [-0.3, -0.25) is 4.79 Å². The third-order valence-electron chi connectivity index (χ3n) is 2.98. The first kappa shape index (κ1) is 13.4. The number of hydrogen-bond donors (Lipinski definition) is 1. The van der Waals surface area contributed by atoms with E-state index in [2.05, 4.69) is 5.32 Å². The fourth-order valence-corrected chi connectivity index (χ4v) is 1.66. The van der Waals surface area contributed by atoms with Crippen LogP contribution in [0.5, 0.6) is 0 Å². The van der Waals surface area contributed by atoms with Gasteiger partial charge in [-0.15, -0.1) is 0 Å². The number of hydrogen-bond acceptors (Lipinski definition) is 4. The molecule has 1 saturated heterocycles. The van der Waals surface area contributed by atoms with Crippen molar-refractivity contribution in [3.8, 4) is 0 Å². The van der Waals surface area contributed by atoms with E-state index in [9.17, 15) is 4.79 Å². The van der Waals surface area contributed by atoms with Crippen LogP contribution in [0.4, 0.5) is 0 Å². The van der Waals surface area contributed by atoms with Gasteiger partial charge in [-0.05, 0) is 20.3 Å². The molecule has 0 aliphatic carbocycles. The molecule has 5 heteroatoms. The summed E-state index contributed by atoms with van der Waals surface area (Å²) in [6, 6.07) is 0. The number of amides is 1. The van der Waals surface area contributed by atoms with Crippen LogP contribution in [0.25, 0.3) is 0 Å². The van der Waals surface area contributed by atoms with Crippen LogP contribution in [0.15, 0.2) is 0 Å². The van der Waals surface area contributed by atoms with Crippen LogP contribution in [0.1, 0.15) is 20.3 Å². The zero-order chi connectivity index (χ0) is 12.0. The summed E-state index contributed by atoms with van der Waals surface area (Å²) in [5.74, 6) is -0.101. The zero-order valence-electron chi connectivity index (χ0n) is 10.2. The van der Waals surface area contributed by atoms with Gasteiger partial charge in [0.05, 0.1) is 24.9 Å². The summed E-state index contributed by atoms with van der Waals surface area (Å²) in [7, 11) is 1.60. The Labute approximate surface area is 96.4 Å². The van der Waals surface area contributed by atoms with Gasteiger partial charge in [0, 0.05) is 13.7 Å². The highest BCUT2D eigenvalue weighted by atomic mass is 16.5. The molecule has 0 spiro atoms. The molecule has 1 amide bonds. The van der Waals surface area contributed by atoms with Crippen LogP contribution in [0.3, 0.4) is 0 Å². The summed E-state index contributed by atoms with van der Waals surface area (Å²) in [6.07, 6.45) is 0.897. The van der Waals surface area contributed by atoms with Crippen LogP contribution in [-0.2, 0) is 19.0 Å². The van der Waals surface area contributed by atoms with Gasteiger partial charge in [-0.2, -0.15) is 0 Å². The van der Waals surface area contributed by atoms with Crippen molar-refractivity contribution in [2.45, 2.75) is 31.9 Å². The van der Waals surface area contributed by atoms with Crippen molar-refractivity contribution in [1.29, 1.82) is 0 Å². The number of ether oxygens (including phenoxy) is 3. The first-order valence-electron chi connectivity index (χ1n) is 5.58. The summed E-state index contributed by atoms with van der Waals surface area (Å²) in [5, 5.41) is 2.95. The van der Waals surface area contributed by atoms with E-state index >= 15 is 0 Å². The molecular formula is C11H21NO4. The summed E-state index contributed by atoms with van der Waals surface area (Å²) in [4.78, 5) is 11.6. The van der Waals surface area contributed by atoms with Crippen molar-refractivity contribution in [1.82, 2.24) is 5.32 Å². The summed E-state index contributed by atoms with van der Waals surface area (Å²) in [6.45, 7) is 5.68. The van der Waals surface area contributed by atoms with Gasteiger partial charge in [-0.25, -0.2) is 0 Å². The predicted octanol–water partition coefficient (Wildman–Crippen LogP) is 0.333. The lowest BCUT2D eigenvalue weighted by Crippen LogP contribution is -2.51. The number of methoxy groups -OCH3 is 1. The molecule has 1 aliphatic heterocycles. The van der Waals surface area contributed by atoms with E-state index in [0.717, 1.165) is 6.42 Å². The highest BCUT2D eigenvalue weighted by molar-refractivity contribution is 5.78. The number of carbonyl (C=O) groups is 1. The van der Waals surface area contributed by atoms with Crippen LogP contribution >= 0.6 is 0 Å². The molecule has 0 aromatic carbocycles. The van der Waals surface area contributed by atoms with E-state index in [1.165, 1.54) is 0 Å². The molecule has 0 saturated carbocycles. The van der Waals surface area contributed by atoms with E-state index < -0.39 is 0 Å². The number of carbonyl (C=O) groups excluding carboxylic acids is 1. The molecule has 1 rings (SSSR count). The maximum absolute atomic E-state index is 11.6. The minimum absolute atomic E-state index is 0.0513. The maximum atomic E-state index is 11.6. The standard InChI is InChI=1S/C11H21NO4/c1-9-11(2,4-5-16-9)12-10(13)8-15-7-6-14-3/h9H,4-8H2,1-3H3,(H,12,13). The third-order valence-corrected chi connectivity index (χ3v) is 2.98. The zero-order valence-corrected chi connectivity index (χ0v) is 10.2. The molecule has 2 unspecified atom stereocenters. The minimum Gasteiger partial charge on any atom is -0.382 e. The highest BCUT2D eigenvalue weighted by Crippen LogP contribution is 2.24. The van der Waals surface area contributed by atoms with E-state index in [1.807, 2.05) is 13.8 Å². The predicted molar refractivity (Wildman–Crippen MR) is 59.3 cm³/mol. The largest absolute Gasteiger partial charge is 0.382 e. The van der Waals surface area contributed by atoms with E-state index in [4.69, 9.17) is 14.2 Å². The SMILES string of the molecule is COCCOCC(=O)NC1(C)CCOC1C. The highest BCUT2D eigenvalue weighted by Gasteiger charge is 2.38. The molecule has 0 radical (unpaired) electrons. The summed E-state index contributed by atoms with van der Waals surface area (Å²) < 4.78 is 15.4. The first-order chi connectivity index (χ1) is 7.58. The molecule has 1 aliphatic rings. The lowest BCUT2D eigenvalue weighted by Gasteiger charge is -2.28. The van der Waals surface area contributed by atoms with Crippen LogP contribution in [-0.4, -0.2) is 51.1 Å². The Balaban J connectivity index is 2.23. The third kappa shape index (κ3) is 3.73. The molecule has 0 bridgehead atoms. The monoisotopic (exact) mass is 231 g/mol. The van der Waals surface area contributed by atoms with Crippen molar-refractivity contribution in [2.75, 3.05) is 33.5 Å². The average molecular weight is 231 g/mol. The van der Waals surface area contributed by atoms with Crippen molar-refractivity contribution >= 4 is 5.91 Å². The second-order valence-corrected chi connectivity index (χ2v) is 4.27. The molecule has 1 N–H and O–H groups in total. The smallest absolute Gasteiger partial charge is 0.246 e. The van der Waals surface area contributed by atoms with Crippen LogP contribution in [0, 0.1) is 0 Å². The van der Waals surface area contributed by atoms with Gasteiger partial charge in [0.1, 0.15) is 6.61 Å². The second-order valence-electron chi connectivity index (χ2n) is 4.27. The quantitative estimate of drug-likeness (QED) is 0.669. The van der Waals surface area contributed by atoms with Gasteiger partial charge in [-0.1, -0.05) is 0 Å². The fraction of sp³-hybridized carbons (Fsp3) is 0.909. The topological polar surface area (TPSA) is 56.8 Å². The Morgan fingerprint density at radius 1 is 1.56 bits per heavy atom. The van der Waals surface area contributed by atoms with Crippen LogP contribution in [0.2, 0.25) is 0 Å². The minimum atomic E-state index is -0.262. The second kappa shape index (κ2) is 6.18. The van der Waals surface area contributed by atoms with Gasteiger partial charge in [0.25, 0.3) is 0 Å². The molecule has 1 fully saturated rings. The summed E-state index contributed by atoms with van der Waals surface area (Å²) >= 11 is 0. The van der Waals surface area contributed by atoms with Crippen molar-refractivity contribution in [2.24, 2.45) is 0 Å². The maximum Gasteiger partial charge on any atom is 0.246 e. The average Bonchev–Trinajstić information content (AvgIpc) is 2.54. The Bertz CT molecular complexity index is 234. The Morgan fingerprint density at radius 2 is 2.31 bits per heavy atom. The van der Waals surface area contributed by atoms with Crippen LogP contribution < -0.4 is 5.32 Å². The molecule has 0 aromatic rings. The van der Waals surface area contributed by atoms with Gasteiger partial charge < -0.3 is 19.5 Å². The first-order valence-corrected chi connectivity index (χ1v) is 5.58. The fourth-order valence-electron chi connectivity index (χ4n) is 1.66. The number of rotatable bonds is 6. The van der Waals surface area contributed by atoms with Gasteiger partial charge in [0.15, 0.2) is 0 Å². The Hall–Kier alpha value is -0.650. The van der Waals surface area contributed by atoms with Crippen molar-refractivity contribution in [3.63, 3.8) is 0 Å². The van der Waals surface area contributed by atoms with Crippen molar-refractivity contribution < 1.29 is 19.0 Å². The molecule has 1 heterocycles. The molecular weight excluding hydrogens is 210 g/mol.